The monoisotopic (exact) mass is 279 g/mol. The normalized spacial score (nSPS) is 17.0. The van der Waals surface area contributed by atoms with Gasteiger partial charge in [0.25, 0.3) is 0 Å². The van der Waals surface area contributed by atoms with Crippen molar-refractivity contribution in [3.8, 4) is 0 Å². The molecule has 1 amide bonds. The zero-order valence-corrected chi connectivity index (χ0v) is 12.7. The van der Waals surface area contributed by atoms with Crippen LogP contribution in [0.4, 0.5) is 0 Å². The topological polar surface area (TPSA) is 72.4 Å². The Morgan fingerprint density at radius 2 is 2.10 bits per heavy atom. The molecule has 2 N–H and O–H groups in total. The summed E-state index contributed by atoms with van der Waals surface area (Å²) in [6, 6.07) is 0.424. The van der Waals surface area contributed by atoms with Crippen molar-refractivity contribution in [3.05, 3.63) is 17.8 Å². The summed E-state index contributed by atoms with van der Waals surface area (Å²) in [6.45, 7) is 7.11. The molecule has 1 saturated carbocycles. The molecule has 1 fully saturated rings. The molecule has 1 aromatic heterocycles. The van der Waals surface area contributed by atoms with Crippen molar-refractivity contribution in [1.29, 1.82) is 0 Å². The number of aromatic nitrogens is 1. The summed E-state index contributed by atoms with van der Waals surface area (Å²) >= 11 is 0. The molecule has 20 heavy (non-hydrogen) atoms. The Morgan fingerprint density at radius 3 is 2.60 bits per heavy atom. The molecule has 0 bridgehead atoms. The number of nitrogens with two attached hydrogens (primary N) is 1. The van der Waals surface area contributed by atoms with Crippen LogP contribution in [-0.2, 0) is 16.8 Å². The minimum Gasteiger partial charge on any atom is -0.444 e. The quantitative estimate of drug-likeness (QED) is 0.897. The third-order valence-corrected chi connectivity index (χ3v) is 3.83. The fraction of sp³-hybridized carbons (Fsp3) is 0.733. The van der Waals surface area contributed by atoms with Crippen molar-refractivity contribution in [2.45, 2.75) is 64.5 Å². The van der Waals surface area contributed by atoms with Crippen LogP contribution >= 0.6 is 0 Å². The average Bonchev–Trinajstić information content (AvgIpc) is 2.97. The molecule has 5 nitrogen and oxygen atoms in total. The number of amides is 1. The van der Waals surface area contributed by atoms with Crippen molar-refractivity contribution in [2.24, 2.45) is 5.73 Å². The largest absolute Gasteiger partial charge is 0.444 e. The predicted molar refractivity (Wildman–Crippen MR) is 77.1 cm³/mol. The van der Waals surface area contributed by atoms with Crippen molar-refractivity contribution in [3.63, 3.8) is 0 Å². The number of carbonyl (C=O) groups is 1. The lowest BCUT2D eigenvalue weighted by atomic mass is 9.94. The molecule has 0 atom stereocenters. The van der Waals surface area contributed by atoms with Crippen molar-refractivity contribution >= 4 is 5.91 Å². The van der Waals surface area contributed by atoms with E-state index in [1.807, 2.05) is 0 Å². The Bertz CT molecular complexity index is 456. The number of oxazole rings is 1. The minimum absolute atomic E-state index is 0.0485. The second-order valence-electron chi connectivity index (χ2n) is 6.68. The first-order chi connectivity index (χ1) is 9.36. The van der Waals surface area contributed by atoms with Gasteiger partial charge in [-0.25, -0.2) is 4.98 Å². The first kappa shape index (κ1) is 15.0. The van der Waals surface area contributed by atoms with E-state index in [-0.39, 0.29) is 17.9 Å². The van der Waals surface area contributed by atoms with Gasteiger partial charge in [0, 0.05) is 11.5 Å². The summed E-state index contributed by atoms with van der Waals surface area (Å²) in [5.41, 5.74) is 5.31. The lowest BCUT2D eigenvalue weighted by molar-refractivity contribution is -0.119. The first-order valence-corrected chi connectivity index (χ1v) is 7.34. The van der Waals surface area contributed by atoms with Gasteiger partial charge in [0.15, 0.2) is 0 Å². The second-order valence-corrected chi connectivity index (χ2v) is 6.68. The van der Waals surface area contributed by atoms with Crippen LogP contribution in [0.3, 0.4) is 0 Å². The highest BCUT2D eigenvalue weighted by molar-refractivity contribution is 5.75. The highest BCUT2D eigenvalue weighted by atomic mass is 16.4. The molecule has 1 heterocycles. The van der Waals surface area contributed by atoms with E-state index in [1.165, 1.54) is 12.8 Å². The van der Waals surface area contributed by atoms with E-state index >= 15 is 0 Å². The molecule has 1 aromatic rings. The van der Waals surface area contributed by atoms with Crippen LogP contribution in [0.15, 0.2) is 10.6 Å². The van der Waals surface area contributed by atoms with E-state index in [4.69, 9.17) is 10.2 Å². The van der Waals surface area contributed by atoms with Crippen LogP contribution < -0.4 is 5.73 Å². The average molecular weight is 279 g/mol. The summed E-state index contributed by atoms with van der Waals surface area (Å²) in [7, 11) is 0. The van der Waals surface area contributed by atoms with Crippen molar-refractivity contribution in [2.75, 3.05) is 6.54 Å². The number of hydrogen-bond donors (Lipinski definition) is 1. The Morgan fingerprint density at radius 1 is 1.45 bits per heavy atom. The van der Waals surface area contributed by atoms with Gasteiger partial charge in [-0.2, -0.15) is 0 Å². The molecule has 1 aliphatic carbocycles. The van der Waals surface area contributed by atoms with Crippen LogP contribution in [0, 0.1) is 0 Å². The highest BCUT2D eigenvalue weighted by Gasteiger charge is 2.26. The molecule has 0 aliphatic heterocycles. The number of hydrogen-bond acceptors (Lipinski definition) is 4. The third kappa shape index (κ3) is 3.82. The molecule has 0 radical (unpaired) electrons. The summed E-state index contributed by atoms with van der Waals surface area (Å²) in [4.78, 5) is 17.7. The van der Waals surface area contributed by atoms with Gasteiger partial charge in [-0.3, -0.25) is 9.69 Å². The zero-order chi connectivity index (χ0) is 14.8. The summed E-state index contributed by atoms with van der Waals surface area (Å²) in [5.74, 6) is 1.25. The van der Waals surface area contributed by atoms with Gasteiger partial charge in [0.05, 0.1) is 19.3 Å². The summed E-state index contributed by atoms with van der Waals surface area (Å²) in [5, 5.41) is 0. The van der Waals surface area contributed by atoms with Crippen LogP contribution in [0.1, 0.15) is 58.1 Å². The predicted octanol–water partition coefficient (Wildman–Crippen LogP) is 2.20. The number of rotatable bonds is 5. The van der Waals surface area contributed by atoms with E-state index in [0.717, 1.165) is 18.6 Å². The molecule has 0 spiro atoms. The van der Waals surface area contributed by atoms with Crippen LogP contribution in [-0.4, -0.2) is 28.4 Å². The van der Waals surface area contributed by atoms with Gasteiger partial charge < -0.3 is 10.2 Å². The van der Waals surface area contributed by atoms with Crippen LogP contribution in [0.25, 0.3) is 0 Å². The van der Waals surface area contributed by atoms with E-state index in [1.54, 1.807) is 6.20 Å². The maximum atomic E-state index is 11.3. The molecule has 5 heteroatoms. The maximum Gasteiger partial charge on any atom is 0.231 e. The fourth-order valence-corrected chi connectivity index (χ4v) is 2.69. The van der Waals surface area contributed by atoms with Gasteiger partial charge in [-0.1, -0.05) is 33.6 Å². The molecule has 112 valence electrons. The minimum atomic E-state index is -0.292. The Balaban J connectivity index is 2.06. The Hall–Kier alpha value is -1.36. The summed E-state index contributed by atoms with van der Waals surface area (Å²) < 4.78 is 5.81. The Labute approximate surface area is 120 Å². The van der Waals surface area contributed by atoms with Crippen molar-refractivity contribution in [1.82, 2.24) is 9.88 Å². The van der Waals surface area contributed by atoms with E-state index in [9.17, 15) is 4.79 Å². The van der Waals surface area contributed by atoms with Gasteiger partial charge in [-0.15, -0.1) is 0 Å². The van der Waals surface area contributed by atoms with E-state index < -0.39 is 0 Å². The lowest BCUT2D eigenvalue weighted by Crippen LogP contribution is -2.39. The summed E-state index contributed by atoms with van der Waals surface area (Å²) in [6.07, 6.45) is 6.48. The van der Waals surface area contributed by atoms with Gasteiger partial charge in [0.1, 0.15) is 5.76 Å². The molecular formula is C15H25N3O2. The lowest BCUT2D eigenvalue weighted by Gasteiger charge is -2.26. The number of nitrogens with zero attached hydrogens (tertiary/aromatic N) is 2. The second kappa shape index (κ2) is 5.95. The van der Waals surface area contributed by atoms with Crippen LogP contribution in [0.5, 0.6) is 0 Å². The van der Waals surface area contributed by atoms with E-state index in [0.29, 0.717) is 18.5 Å². The first-order valence-electron chi connectivity index (χ1n) is 7.34. The van der Waals surface area contributed by atoms with Gasteiger partial charge in [-0.05, 0) is 12.8 Å². The molecule has 2 rings (SSSR count). The maximum absolute atomic E-state index is 11.3. The SMILES string of the molecule is CC(C)(C)c1cnc(CN(CC(N)=O)C2CCCC2)o1. The van der Waals surface area contributed by atoms with Crippen LogP contribution in [0.2, 0.25) is 0 Å². The standard InChI is InChI=1S/C15H25N3O2/c1-15(2,3)12-8-17-14(20-12)10-18(9-13(16)19)11-6-4-5-7-11/h8,11H,4-7,9-10H2,1-3H3,(H2,16,19). The molecule has 0 saturated heterocycles. The molecule has 0 unspecified atom stereocenters. The van der Waals surface area contributed by atoms with Gasteiger partial charge in [0.2, 0.25) is 11.8 Å². The molecular weight excluding hydrogens is 254 g/mol. The Kier molecular flexibility index (Phi) is 4.48. The molecule has 1 aliphatic rings. The fourth-order valence-electron chi connectivity index (χ4n) is 2.69. The highest BCUT2D eigenvalue weighted by Crippen LogP contribution is 2.26. The third-order valence-electron chi connectivity index (χ3n) is 3.83. The molecule has 0 aromatic carbocycles. The zero-order valence-electron chi connectivity index (χ0n) is 12.7. The van der Waals surface area contributed by atoms with Crippen molar-refractivity contribution < 1.29 is 9.21 Å². The van der Waals surface area contributed by atoms with E-state index in [2.05, 4.69) is 30.7 Å². The smallest absolute Gasteiger partial charge is 0.231 e. The number of primary amides is 1. The van der Waals surface area contributed by atoms with Gasteiger partial charge >= 0.3 is 0 Å². The number of carbonyl (C=O) groups excluding carboxylic acids is 1.